The first-order valence-corrected chi connectivity index (χ1v) is 8.63. The maximum atomic E-state index is 12.9. The highest BCUT2D eigenvalue weighted by Gasteiger charge is 2.50. The van der Waals surface area contributed by atoms with Crippen LogP contribution in [0, 0.1) is 5.41 Å². The minimum atomic E-state index is -0.942. The largest absolute Gasteiger partial charge is 0.392 e. The van der Waals surface area contributed by atoms with Gasteiger partial charge in [-0.1, -0.05) is 0 Å². The highest BCUT2D eigenvalue weighted by atomic mass is 16.3. The molecule has 0 bridgehead atoms. The zero-order valence-corrected chi connectivity index (χ0v) is 13.8. The highest BCUT2D eigenvalue weighted by Crippen LogP contribution is 2.37. The summed E-state index contributed by atoms with van der Waals surface area (Å²) in [4.78, 5) is 38.7. The number of amides is 3. The summed E-state index contributed by atoms with van der Waals surface area (Å²) in [6.45, 7) is 2.15. The van der Waals surface area contributed by atoms with Crippen molar-refractivity contribution in [2.45, 2.75) is 31.9 Å². The number of nitrogens with zero attached hydrogens (tertiary/aromatic N) is 3. The fraction of sp³-hybridized carbons (Fsp3) is 0.625. The Labute approximate surface area is 144 Å². The second-order valence-corrected chi connectivity index (χ2v) is 6.94. The van der Waals surface area contributed by atoms with E-state index in [9.17, 15) is 19.5 Å². The van der Waals surface area contributed by atoms with Gasteiger partial charge in [-0.05, 0) is 19.3 Å². The number of carbonyl (C=O) groups is 3. The first kappa shape index (κ1) is 16.1. The lowest BCUT2D eigenvalue weighted by atomic mass is 9.71. The third kappa shape index (κ3) is 2.50. The number of hydrogen-bond donors (Lipinski definition) is 3. The summed E-state index contributed by atoms with van der Waals surface area (Å²) in [7, 11) is 0. The number of nitrogens with one attached hydrogen (secondary N) is 2. The minimum Gasteiger partial charge on any atom is -0.392 e. The molecule has 3 N–H and O–H groups in total. The number of fused-ring (bicyclic) bond motifs is 1. The molecule has 0 aliphatic carbocycles. The molecule has 3 aliphatic heterocycles. The van der Waals surface area contributed by atoms with Crippen LogP contribution in [0.4, 0.5) is 0 Å². The van der Waals surface area contributed by atoms with Crippen molar-refractivity contribution in [2.24, 2.45) is 5.41 Å². The van der Waals surface area contributed by atoms with Crippen LogP contribution in [0.25, 0.3) is 0 Å². The fourth-order valence-electron chi connectivity index (χ4n) is 4.02. The van der Waals surface area contributed by atoms with Crippen LogP contribution in [0.2, 0.25) is 0 Å². The van der Waals surface area contributed by atoms with Crippen LogP contribution in [0.1, 0.15) is 40.2 Å². The molecule has 2 atom stereocenters. The number of rotatable bonds is 1. The molecule has 1 aromatic heterocycles. The Balaban J connectivity index is 1.58. The number of likely N-dealkylation sites (tertiary alicyclic amines) is 1. The zero-order valence-electron chi connectivity index (χ0n) is 13.8. The normalized spacial score (nSPS) is 29.2. The van der Waals surface area contributed by atoms with Crippen LogP contribution < -0.4 is 10.6 Å². The van der Waals surface area contributed by atoms with Gasteiger partial charge in [0.05, 0.1) is 18.1 Å². The Morgan fingerprint density at radius 2 is 2.12 bits per heavy atom. The second kappa shape index (κ2) is 5.83. The standard InChI is InChI=1S/C16H21N5O4/c22-12-2-6-20(9-16(12)3-1-4-18-15(16)25)14(24)10-8-11-13(23)17-5-7-21(11)19-10/h8,12,22H,1-7,9H2,(H,17,23)(H,18,25)/t12-,16+/m0/s1. The Bertz CT molecular complexity index is 745. The minimum absolute atomic E-state index is 0.174. The molecule has 1 spiro atoms. The molecule has 9 heteroatoms. The second-order valence-electron chi connectivity index (χ2n) is 6.94. The molecule has 0 unspecified atom stereocenters. The summed E-state index contributed by atoms with van der Waals surface area (Å²) < 4.78 is 1.54. The Kier molecular flexibility index (Phi) is 3.75. The van der Waals surface area contributed by atoms with E-state index in [4.69, 9.17) is 0 Å². The monoisotopic (exact) mass is 347 g/mol. The summed E-state index contributed by atoms with van der Waals surface area (Å²) in [6, 6.07) is 1.50. The number of aliphatic hydroxyl groups excluding tert-OH is 1. The van der Waals surface area contributed by atoms with Crippen LogP contribution in [-0.4, -0.2) is 69.8 Å². The summed E-state index contributed by atoms with van der Waals surface area (Å²) in [5.74, 6) is -0.735. The van der Waals surface area contributed by atoms with E-state index in [0.29, 0.717) is 44.7 Å². The van der Waals surface area contributed by atoms with Gasteiger partial charge in [-0.3, -0.25) is 19.1 Å². The van der Waals surface area contributed by atoms with Crippen LogP contribution >= 0.6 is 0 Å². The van der Waals surface area contributed by atoms with Gasteiger partial charge in [0, 0.05) is 32.2 Å². The lowest BCUT2D eigenvalue weighted by molar-refractivity contribution is -0.147. The van der Waals surface area contributed by atoms with E-state index in [1.54, 1.807) is 4.90 Å². The first-order chi connectivity index (χ1) is 12.0. The average molecular weight is 347 g/mol. The van der Waals surface area contributed by atoms with Gasteiger partial charge in [-0.2, -0.15) is 5.10 Å². The molecule has 0 aromatic carbocycles. The van der Waals surface area contributed by atoms with Crippen molar-refractivity contribution in [3.63, 3.8) is 0 Å². The molecular formula is C16H21N5O4. The molecule has 1 aromatic rings. The Hall–Kier alpha value is -2.42. The van der Waals surface area contributed by atoms with E-state index < -0.39 is 11.5 Å². The third-order valence-electron chi connectivity index (χ3n) is 5.45. The van der Waals surface area contributed by atoms with E-state index in [-0.39, 0.29) is 30.0 Å². The Morgan fingerprint density at radius 3 is 2.88 bits per heavy atom. The Morgan fingerprint density at radius 1 is 1.28 bits per heavy atom. The van der Waals surface area contributed by atoms with E-state index in [1.807, 2.05) is 0 Å². The molecule has 134 valence electrons. The maximum absolute atomic E-state index is 12.9. The van der Waals surface area contributed by atoms with Crippen LogP contribution in [0.3, 0.4) is 0 Å². The van der Waals surface area contributed by atoms with Crippen molar-refractivity contribution in [3.8, 4) is 0 Å². The van der Waals surface area contributed by atoms with Gasteiger partial charge in [0.25, 0.3) is 11.8 Å². The fourth-order valence-corrected chi connectivity index (χ4v) is 4.02. The molecular weight excluding hydrogens is 326 g/mol. The molecule has 0 radical (unpaired) electrons. The predicted molar refractivity (Wildman–Crippen MR) is 85.8 cm³/mol. The topological polar surface area (TPSA) is 117 Å². The molecule has 3 amide bonds. The number of carbonyl (C=O) groups excluding carboxylic acids is 3. The SMILES string of the molecule is O=C1NCCn2nc(C(=O)N3CC[C@H](O)[C@@]4(CCCNC4=O)C3)cc21. The van der Waals surface area contributed by atoms with Gasteiger partial charge in [0.2, 0.25) is 5.91 Å². The lowest BCUT2D eigenvalue weighted by Gasteiger charge is -2.46. The van der Waals surface area contributed by atoms with Gasteiger partial charge in [0.1, 0.15) is 5.69 Å². The van der Waals surface area contributed by atoms with Crippen LogP contribution in [-0.2, 0) is 11.3 Å². The summed E-state index contributed by atoms with van der Waals surface area (Å²) in [5.41, 5.74) is -0.366. The predicted octanol–water partition coefficient (Wildman–Crippen LogP) is -1.27. The van der Waals surface area contributed by atoms with E-state index in [1.165, 1.54) is 10.7 Å². The molecule has 9 nitrogen and oxygen atoms in total. The smallest absolute Gasteiger partial charge is 0.274 e. The first-order valence-electron chi connectivity index (χ1n) is 8.63. The van der Waals surface area contributed by atoms with Gasteiger partial charge >= 0.3 is 0 Å². The third-order valence-corrected chi connectivity index (χ3v) is 5.45. The summed E-state index contributed by atoms with van der Waals surface area (Å²) in [6.07, 6.45) is 0.945. The maximum Gasteiger partial charge on any atom is 0.274 e. The lowest BCUT2D eigenvalue weighted by Crippen LogP contribution is -2.62. The number of aromatic nitrogens is 2. The highest BCUT2D eigenvalue weighted by molar-refractivity contribution is 5.98. The van der Waals surface area contributed by atoms with Crippen molar-refractivity contribution in [3.05, 3.63) is 17.5 Å². The van der Waals surface area contributed by atoms with Gasteiger partial charge < -0.3 is 20.6 Å². The quantitative estimate of drug-likeness (QED) is 0.586. The zero-order chi connectivity index (χ0) is 17.6. The van der Waals surface area contributed by atoms with Crippen molar-refractivity contribution in [2.75, 3.05) is 26.2 Å². The molecule has 25 heavy (non-hydrogen) atoms. The summed E-state index contributed by atoms with van der Waals surface area (Å²) in [5, 5.41) is 20.2. The number of piperidine rings is 2. The molecule has 3 aliphatic rings. The van der Waals surface area contributed by atoms with Crippen LogP contribution in [0.15, 0.2) is 6.07 Å². The molecule has 4 rings (SSSR count). The summed E-state index contributed by atoms with van der Waals surface area (Å²) >= 11 is 0. The van der Waals surface area contributed by atoms with E-state index >= 15 is 0 Å². The van der Waals surface area contributed by atoms with Crippen molar-refractivity contribution < 1.29 is 19.5 Å². The van der Waals surface area contributed by atoms with Crippen molar-refractivity contribution in [1.29, 1.82) is 0 Å². The molecule has 4 heterocycles. The molecule has 0 saturated carbocycles. The van der Waals surface area contributed by atoms with Gasteiger partial charge in [0.15, 0.2) is 5.69 Å². The van der Waals surface area contributed by atoms with Gasteiger partial charge in [-0.15, -0.1) is 0 Å². The van der Waals surface area contributed by atoms with E-state index in [2.05, 4.69) is 15.7 Å². The number of aliphatic hydroxyl groups is 1. The van der Waals surface area contributed by atoms with Gasteiger partial charge in [-0.25, -0.2) is 0 Å². The van der Waals surface area contributed by atoms with Crippen molar-refractivity contribution >= 4 is 17.7 Å². The van der Waals surface area contributed by atoms with E-state index in [0.717, 1.165) is 6.42 Å². The molecule has 2 saturated heterocycles. The molecule has 2 fully saturated rings. The van der Waals surface area contributed by atoms with Crippen molar-refractivity contribution in [1.82, 2.24) is 25.3 Å². The van der Waals surface area contributed by atoms with Crippen LogP contribution in [0.5, 0.6) is 0 Å². The average Bonchev–Trinajstić information content (AvgIpc) is 3.05. The number of hydrogen-bond acceptors (Lipinski definition) is 5.